The van der Waals surface area contributed by atoms with Crippen LogP contribution in [0.4, 0.5) is 0 Å². The van der Waals surface area contributed by atoms with Crippen LogP contribution in [0.5, 0.6) is 0 Å². The zero-order chi connectivity index (χ0) is 22.3. The first-order chi connectivity index (χ1) is 15.2. The van der Waals surface area contributed by atoms with Crippen LogP contribution in [0.3, 0.4) is 0 Å². The number of benzene rings is 4. The van der Waals surface area contributed by atoms with E-state index in [1.165, 1.54) is 33.0 Å². The zero-order valence-electron chi connectivity index (χ0n) is 18.7. The molecule has 4 aromatic carbocycles. The molecule has 1 aliphatic rings. The highest BCUT2D eigenvalue weighted by atomic mass is 16.5. The molecule has 4 heteroatoms. The lowest BCUT2D eigenvalue weighted by Crippen LogP contribution is -2.49. The molecule has 0 saturated heterocycles. The van der Waals surface area contributed by atoms with Crippen LogP contribution >= 0.6 is 0 Å². The molecule has 0 saturated carbocycles. The molecule has 1 heterocycles. The molecule has 1 radical (unpaired) electrons. The Kier molecular flexibility index (Phi) is 3.96. The van der Waals surface area contributed by atoms with E-state index in [2.05, 4.69) is 54.6 Å². The summed E-state index contributed by atoms with van der Waals surface area (Å²) in [7, 11) is 1.73. The summed E-state index contributed by atoms with van der Waals surface area (Å²) in [5.41, 5.74) is 6.05. The topological polar surface area (TPSA) is 42.6 Å². The Balaban J connectivity index is 1.53. The molecule has 1 N–H and O–H groups in total. The van der Waals surface area contributed by atoms with Crippen LogP contribution < -0.4 is 5.46 Å². The van der Waals surface area contributed by atoms with E-state index in [0.717, 1.165) is 27.4 Å². The number of hydrogen-bond acceptors (Lipinski definition) is 3. The Labute approximate surface area is 187 Å². The van der Waals surface area contributed by atoms with Gasteiger partial charge >= 0.3 is 7.48 Å². The molecular weight excluding hydrogens is 395 g/mol. The van der Waals surface area contributed by atoms with Crippen LogP contribution in [0.1, 0.15) is 27.7 Å². The maximum Gasteiger partial charge on any atom is 0.330 e. The van der Waals surface area contributed by atoms with Crippen LogP contribution in [0, 0.1) is 0 Å². The highest BCUT2D eigenvalue weighted by molar-refractivity contribution is 6.48. The second-order valence-corrected chi connectivity index (χ2v) is 9.73. The van der Waals surface area contributed by atoms with E-state index >= 15 is 0 Å². The third-order valence-electron chi connectivity index (χ3n) is 7.09. The van der Waals surface area contributed by atoms with Gasteiger partial charge in [0.05, 0.1) is 11.2 Å². The van der Waals surface area contributed by atoms with Gasteiger partial charge in [-0.25, -0.2) is 0 Å². The second-order valence-electron chi connectivity index (χ2n) is 9.73. The fourth-order valence-corrected chi connectivity index (χ4v) is 4.59. The first-order valence-corrected chi connectivity index (χ1v) is 11.0. The van der Waals surface area contributed by atoms with E-state index in [1.54, 1.807) is 21.3 Å². The van der Waals surface area contributed by atoms with E-state index in [0.29, 0.717) is 0 Å². The molecule has 6 rings (SSSR count). The average Bonchev–Trinajstić information content (AvgIpc) is 3.29. The number of rotatable bonds is 4. The number of aliphatic hydroxyl groups is 1. The lowest BCUT2D eigenvalue weighted by atomic mass is 9.82. The van der Waals surface area contributed by atoms with Crippen LogP contribution in [0.15, 0.2) is 71.1 Å². The Morgan fingerprint density at radius 1 is 0.719 bits per heavy atom. The van der Waals surface area contributed by atoms with E-state index in [-0.39, 0.29) is 0 Å². The van der Waals surface area contributed by atoms with Gasteiger partial charge in [0, 0.05) is 10.8 Å². The first kappa shape index (κ1) is 19.6. The molecule has 3 nitrogen and oxygen atoms in total. The molecular formula is C28H24BO3. The predicted molar refractivity (Wildman–Crippen MR) is 133 cm³/mol. The van der Waals surface area contributed by atoms with Gasteiger partial charge in [-0.3, -0.25) is 0 Å². The summed E-state index contributed by atoms with van der Waals surface area (Å²) in [6, 6.07) is 23.4. The molecule has 0 atom stereocenters. The average molecular weight is 419 g/mol. The maximum absolute atomic E-state index is 10.4. The minimum atomic E-state index is -0.969. The van der Waals surface area contributed by atoms with E-state index in [1.807, 2.05) is 26.0 Å². The van der Waals surface area contributed by atoms with Crippen molar-refractivity contribution in [2.24, 2.45) is 0 Å². The largest absolute Gasteiger partial charge is 0.456 e. The Morgan fingerprint density at radius 3 is 2.19 bits per heavy atom. The van der Waals surface area contributed by atoms with E-state index < -0.39 is 11.2 Å². The first-order valence-electron chi connectivity index (χ1n) is 11.0. The Hall–Kier alpha value is -3.08. The highest BCUT2D eigenvalue weighted by Gasteiger charge is 2.35. The third-order valence-corrected chi connectivity index (χ3v) is 7.09. The number of fused-ring (bicyclic) bond motifs is 7. The lowest BCUT2D eigenvalue weighted by Gasteiger charge is -2.37. The van der Waals surface area contributed by atoms with Gasteiger partial charge in [0.2, 0.25) is 0 Å². The summed E-state index contributed by atoms with van der Waals surface area (Å²) < 4.78 is 12.3. The number of hydrogen-bond donors (Lipinski definition) is 1. The third kappa shape index (κ3) is 2.70. The van der Waals surface area contributed by atoms with Gasteiger partial charge in [-0.15, -0.1) is 0 Å². The highest BCUT2D eigenvalue weighted by Crippen LogP contribution is 2.50. The van der Waals surface area contributed by atoms with Crippen LogP contribution in [-0.4, -0.2) is 23.8 Å². The van der Waals surface area contributed by atoms with Crippen molar-refractivity contribution in [3.8, 4) is 22.3 Å². The van der Waals surface area contributed by atoms with Crippen LogP contribution in [0.2, 0.25) is 0 Å². The quantitative estimate of drug-likeness (QED) is 0.346. The van der Waals surface area contributed by atoms with E-state index in [4.69, 9.17) is 9.07 Å². The van der Waals surface area contributed by atoms with Crippen molar-refractivity contribution in [2.45, 2.75) is 38.9 Å². The molecule has 0 fully saturated rings. The molecule has 0 unspecified atom stereocenters. The van der Waals surface area contributed by atoms with Crippen molar-refractivity contribution in [3.63, 3.8) is 0 Å². The summed E-state index contributed by atoms with van der Waals surface area (Å²) in [5, 5.41) is 15.1. The van der Waals surface area contributed by atoms with Gasteiger partial charge in [0.1, 0.15) is 11.2 Å². The summed E-state index contributed by atoms with van der Waals surface area (Å²) >= 11 is 0. The van der Waals surface area contributed by atoms with Crippen molar-refractivity contribution in [3.05, 3.63) is 66.7 Å². The van der Waals surface area contributed by atoms with Crippen molar-refractivity contribution in [1.29, 1.82) is 0 Å². The van der Waals surface area contributed by atoms with Gasteiger partial charge in [0.25, 0.3) is 0 Å². The summed E-state index contributed by atoms with van der Waals surface area (Å²) in [4.78, 5) is 0. The van der Waals surface area contributed by atoms with Gasteiger partial charge in [-0.2, -0.15) is 0 Å². The lowest BCUT2D eigenvalue weighted by molar-refractivity contribution is -0.0893. The van der Waals surface area contributed by atoms with Gasteiger partial charge in [-0.1, -0.05) is 60.1 Å². The molecule has 0 bridgehead atoms. The minimum absolute atomic E-state index is 0.721. The molecule has 1 aliphatic carbocycles. The fourth-order valence-electron chi connectivity index (χ4n) is 4.59. The van der Waals surface area contributed by atoms with Crippen LogP contribution in [-0.2, 0) is 4.65 Å². The monoisotopic (exact) mass is 419 g/mol. The van der Waals surface area contributed by atoms with Crippen molar-refractivity contribution in [1.82, 2.24) is 0 Å². The van der Waals surface area contributed by atoms with Crippen LogP contribution in [0.25, 0.3) is 55.0 Å². The predicted octanol–water partition coefficient (Wildman–Crippen LogP) is 6.20. The van der Waals surface area contributed by atoms with Crippen molar-refractivity contribution >= 4 is 45.7 Å². The second kappa shape index (κ2) is 6.47. The maximum atomic E-state index is 10.4. The van der Waals surface area contributed by atoms with Gasteiger partial charge < -0.3 is 14.2 Å². The minimum Gasteiger partial charge on any atom is -0.456 e. The molecule has 0 spiro atoms. The summed E-state index contributed by atoms with van der Waals surface area (Å²) in [6.45, 7) is 7.29. The standard InChI is InChI=1S/C28H24BO3/c1-27(2,30)28(3,4)32-29-16-12-13-23-22(14-16)26-20-11-7-10-19-17-8-5-6-9-18(17)21(25(19)20)15-24(26)31-23/h5-15,30H,1-4H3. The molecule has 157 valence electrons. The Bertz CT molecular complexity index is 1540. The normalized spacial score (nSPS) is 13.3. The molecule has 32 heavy (non-hydrogen) atoms. The molecule has 0 amide bonds. The smallest absolute Gasteiger partial charge is 0.330 e. The van der Waals surface area contributed by atoms with Crippen molar-refractivity contribution in [2.75, 3.05) is 0 Å². The SMILES string of the molecule is CC(C)(O)C(C)(C)O[B]c1ccc2oc3cc4c5c(cccc5c3c2c1)-c1ccccc1-4. The molecule has 1 aromatic heterocycles. The Morgan fingerprint density at radius 2 is 1.44 bits per heavy atom. The summed E-state index contributed by atoms with van der Waals surface area (Å²) in [6.07, 6.45) is 0. The number of furan rings is 1. The zero-order valence-corrected chi connectivity index (χ0v) is 18.7. The fraction of sp³-hybridized carbons (Fsp3) is 0.214. The van der Waals surface area contributed by atoms with Gasteiger partial charge in [0.15, 0.2) is 0 Å². The van der Waals surface area contributed by atoms with E-state index in [9.17, 15) is 5.11 Å². The van der Waals surface area contributed by atoms with Crippen molar-refractivity contribution < 1.29 is 14.2 Å². The van der Waals surface area contributed by atoms with Gasteiger partial charge in [-0.05, 0) is 72.9 Å². The molecule has 5 aromatic rings. The molecule has 0 aliphatic heterocycles. The summed E-state index contributed by atoms with van der Waals surface area (Å²) in [5.74, 6) is 0.